The summed E-state index contributed by atoms with van der Waals surface area (Å²) in [6, 6.07) is 1.86. The number of aromatic nitrogens is 1. The van der Waals surface area contributed by atoms with Crippen molar-refractivity contribution in [1.29, 1.82) is 0 Å². The Morgan fingerprint density at radius 2 is 2.07 bits per heavy atom. The molecule has 0 amide bonds. The van der Waals surface area contributed by atoms with Crippen LogP contribution >= 0.6 is 0 Å². The Morgan fingerprint density at radius 3 is 2.43 bits per heavy atom. The molecule has 0 bridgehead atoms. The van der Waals surface area contributed by atoms with E-state index in [2.05, 4.69) is 4.98 Å². The Kier molecular flexibility index (Phi) is 2.73. The lowest BCUT2D eigenvalue weighted by Crippen LogP contribution is -2.08. The van der Waals surface area contributed by atoms with Crippen LogP contribution in [0.25, 0.3) is 0 Å². The number of carboxylic acid groups (broad SMARTS) is 1. The van der Waals surface area contributed by atoms with E-state index < -0.39 is 17.8 Å². The summed E-state index contributed by atoms with van der Waals surface area (Å²) in [5, 5.41) is 8.35. The van der Waals surface area contributed by atoms with E-state index in [0.717, 1.165) is 18.3 Å². The van der Waals surface area contributed by atoms with E-state index in [9.17, 15) is 18.0 Å². The third-order valence-corrected chi connectivity index (χ3v) is 1.47. The molecule has 1 heterocycles. The Hall–Kier alpha value is -1.59. The summed E-state index contributed by atoms with van der Waals surface area (Å²) in [5.74, 6) is -1.11. The summed E-state index contributed by atoms with van der Waals surface area (Å²) >= 11 is 0. The standard InChI is InChI=1S/C8H6F3NO2/c9-8(10,11)6-2-1-5(4-12-6)3-7(13)14/h1-2,4H,3H2,(H,13,14). The minimum atomic E-state index is -4.48. The van der Waals surface area contributed by atoms with Crippen LogP contribution in [0, 0.1) is 0 Å². The normalized spacial score (nSPS) is 11.4. The summed E-state index contributed by atoms with van der Waals surface area (Å²) < 4.78 is 36.0. The summed E-state index contributed by atoms with van der Waals surface area (Å²) in [6.45, 7) is 0. The molecule has 0 saturated heterocycles. The third kappa shape index (κ3) is 2.72. The van der Waals surface area contributed by atoms with Crippen LogP contribution < -0.4 is 0 Å². The SMILES string of the molecule is O=C(O)Cc1ccc(C(F)(F)F)nc1. The van der Waals surface area contributed by atoms with Gasteiger partial charge in [0.15, 0.2) is 0 Å². The maximum atomic E-state index is 12.0. The molecule has 0 fully saturated rings. The van der Waals surface area contributed by atoms with Crippen molar-refractivity contribution in [1.82, 2.24) is 4.98 Å². The molecule has 0 unspecified atom stereocenters. The summed E-state index contributed by atoms with van der Waals surface area (Å²) in [5.41, 5.74) is -0.780. The minimum absolute atomic E-state index is 0.241. The van der Waals surface area contributed by atoms with Crippen LogP contribution in [0.1, 0.15) is 11.3 Å². The number of hydrogen-bond donors (Lipinski definition) is 1. The van der Waals surface area contributed by atoms with Gasteiger partial charge in [-0.1, -0.05) is 6.07 Å². The number of alkyl halides is 3. The smallest absolute Gasteiger partial charge is 0.433 e. The van der Waals surface area contributed by atoms with Gasteiger partial charge in [-0.3, -0.25) is 9.78 Å². The number of carbonyl (C=O) groups is 1. The van der Waals surface area contributed by atoms with E-state index in [1.165, 1.54) is 0 Å². The number of halogens is 3. The fourth-order valence-corrected chi connectivity index (χ4v) is 0.871. The second-order valence-corrected chi connectivity index (χ2v) is 2.62. The molecule has 0 saturated carbocycles. The van der Waals surface area contributed by atoms with E-state index >= 15 is 0 Å². The molecular formula is C8H6F3NO2. The molecule has 0 aromatic carbocycles. The number of hydrogen-bond acceptors (Lipinski definition) is 2. The fourth-order valence-electron chi connectivity index (χ4n) is 0.871. The minimum Gasteiger partial charge on any atom is -0.481 e. The first-order valence-corrected chi connectivity index (χ1v) is 3.63. The van der Waals surface area contributed by atoms with Gasteiger partial charge in [0.05, 0.1) is 6.42 Å². The molecule has 14 heavy (non-hydrogen) atoms. The molecule has 1 aromatic heterocycles. The number of rotatable bonds is 2. The molecule has 1 N–H and O–H groups in total. The van der Waals surface area contributed by atoms with Gasteiger partial charge >= 0.3 is 12.1 Å². The van der Waals surface area contributed by atoms with Crippen molar-refractivity contribution in [2.45, 2.75) is 12.6 Å². The van der Waals surface area contributed by atoms with Gasteiger partial charge in [0.1, 0.15) is 5.69 Å². The van der Waals surface area contributed by atoms with Crippen molar-refractivity contribution in [3.63, 3.8) is 0 Å². The molecule has 1 rings (SSSR count). The molecule has 0 atom stereocenters. The molecule has 1 aromatic rings. The highest BCUT2D eigenvalue weighted by Crippen LogP contribution is 2.27. The van der Waals surface area contributed by atoms with Crippen molar-refractivity contribution in [2.24, 2.45) is 0 Å². The van der Waals surface area contributed by atoms with Gasteiger partial charge in [0, 0.05) is 6.20 Å². The van der Waals surface area contributed by atoms with Crippen LogP contribution in [-0.2, 0) is 17.4 Å². The Morgan fingerprint density at radius 1 is 1.43 bits per heavy atom. The van der Waals surface area contributed by atoms with Gasteiger partial charge in [-0.2, -0.15) is 13.2 Å². The third-order valence-electron chi connectivity index (χ3n) is 1.47. The van der Waals surface area contributed by atoms with Crippen LogP contribution in [0.5, 0.6) is 0 Å². The van der Waals surface area contributed by atoms with Crippen LogP contribution in [0.15, 0.2) is 18.3 Å². The van der Waals surface area contributed by atoms with Crippen molar-refractivity contribution >= 4 is 5.97 Å². The quantitative estimate of drug-likeness (QED) is 0.799. The van der Waals surface area contributed by atoms with Gasteiger partial charge in [-0.05, 0) is 11.6 Å². The molecule has 6 heteroatoms. The maximum Gasteiger partial charge on any atom is 0.433 e. The number of carboxylic acids is 1. The molecule has 0 aliphatic heterocycles. The molecule has 3 nitrogen and oxygen atoms in total. The molecule has 76 valence electrons. The molecule has 0 aliphatic rings. The average Bonchev–Trinajstić information content (AvgIpc) is 2.02. The lowest BCUT2D eigenvalue weighted by atomic mass is 10.2. The first kappa shape index (κ1) is 10.5. The zero-order valence-electron chi connectivity index (χ0n) is 6.88. The first-order valence-electron chi connectivity index (χ1n) is 3.63. The first-order chi connectivity index (χ1) is 6.39. The fraction of sp³-hybridized carbons (Fsp3) is 0.250. The Bertz CT molecular complexity index is 331. The van der Waals surface area contributed by atoms with Crippen LogP contribution in [0.3, 0.4) is 0 Å². The zero-order chi connectivity index (χ0) is 10.8. The van der Waals surface area contributed by atoms with Crippen LogP contribution in [0.2, 0.25) is 0 Å². The maximum absolute atomic E-state index is 12.0. The predicted molar refractivity (Wildman–Crippen MR) is 40.6 cm³/mol. The lowest BCUT2D eigenvalue weighted by Gasteiger charge is -2.05. The van der Waals surface area contributed by atoms with Crippen LogP contribution in [0.4, 0.5) is 13.2 Å². The average molecular weight is 205 g/mol. The highest BCUT2D eigenvalue weighted by molar-refractivity contribution is 5.69. The van der Waals surface area contributed by atoms with E-state index in [-0.39, 0.29) is 12.0 Å². The Labute approximate surface area is 77.2 Å². The van der Waals surface area contributed by atoms with Crippen molar-refractivity contribution in [3.05, 3.63) is 29.6 Å². The highest BCUT2D eigenvalue weighted by atomic mass is 19.4. The second-order valence-electron chi connectivity index (χ2n) is 2.62. The number of aliphatic carboxylic acids is 1. The van der Waals surface area contributed by atoms with Gasteiger partial charge in [0.25, 0.3) is 0 Å². The van der Waals surface area contributed by atoms with E-state index in [4.69, 9.17) is 5.11 Å². The second kappa shape index (κ2) is 3.65. The summed E-state index contributed by atoms with van der Waals surface area (Å²) in [7, 11) is 0. The largest absolute Gasteiger partial charge is 0.481 e. The lowest BCUT2D eigenvalue weighted by molar-refractivity contribution is -0.141. The van der Waals surface area contributed by atoms with E-state index in [1.807, 2.05) is 0 Å². The highest BCUT2D eigenvalue weighted by Gasteiger charge is 2.31. The molecular weight excluding hydrogens is 199 g/mol. The molecule has 0 spiro atoms. The number of nitrogens with zero attached hydrogens (tertiary/aromatic N) is 1. The summed E-state index contributed by atoms with van der Waals surface area (Å²) in [4.78, 5) is 13.3. The van der Waals surface area contributed by atoms with Crippen molar-refractivity contribution < 1.29 is 23.1 Å². The van der Waals surface area contributed by atoms with Crippen molar-refractivity contribution in [3.8, 4) is 0 Å². The molecule has 0 aliphatic carbocycles. The summed E-state index contributed by atoms with van der Waals surface area (Å²) in [6.07, 6.45) is -3.90. The molecule has 0 radical (unpaired) electrons. The zero-order valence-corrected chi connectivity index (χ0v) is 6.88. The number of pyridine rings is 1. The van der Waals surface area contributed by atoms with E-state index in [1.54, 1.807) is 0 Å². The van der Waals surface area contributed by atoms with Gasteiger partial charge in [0.2, 0.25) is 0 Å². The predicted octanol–water partition coefficient (Wildman–Crippen LogP) is 1.73. The van der Waals surface area contributed by atoms with Gasteiger partial charge < -0.3 is 5.11 Å². The Balaban J connectivity index is 2.84. The van der Waals surface area contributed by atoms with E-state index in [0.29, 0.717) is 0 Å². The van der Waals surface area contributed by atoms with Gasteiger partial charge in [-0.15, -0.1) is 0 Å². The van der Waals surface area contributed by atoms with Gasteiger partial charge in [-0.25, -0.2) is 0 Å². The monoisotopic (exact) mass is 205 g/mol. The topological polar surface area (TPSA) is 50.2 Å². The van der Waals surface area contributed by atoms with Crippen LogP contribution in [-0.4, -0.2) is 16.1 Å². The van der Waals surface area contributed by atoms with Crippen molar-refractivity contribution in [2.75, 3.05) is 0 Å².